The minimum absolute atomic E-state index is 0.112. The van der Waals surface area contributed by atoms with E-state index >= 15 is 0 Å². The minimum Gasteiger partial charge on any atom is -0.393 e. The Bertz CT molecular complexity index is 640. The van der Waals surface area contributed by atoms with Gasteiger partial charge in [-0.2, -0.15) is 0 Å². The molecule has 5 N–H and O–H groups in total. The van der Waals surface area contributed by atoms with Gasteiger partial charge in [-0.25, -0.2) is 0 Å². The first-order valence-electron chi connectivity index (χ1n) is 11.9. The number of rotatable bonds is 4. The van der Waals surface area contributed by atoms with Crippen LogP contribution < -0.4 is 5.73 Å². The van der Waals surface area contributed by atoms with Crippen molar-refractivity contribution in [3.8, 4) is 0 Å². The molecular weight excluding hydrogens is 366 g/mol. The Morgan fingerprint density at radius 1 is 1.07 bits per heavy atom. The van der Waals surface area contributed by atoms with Gasteiger partial charge in [0.25, 0.3) is 0 Å². The zero-order valence-electron chi connectivity index (χ0n) is 18.4. The van der Waals surface area contributed by atoms with E-state index in [9.17, 15) is 20.1 Å². The number of aliphatic hydroxyl groups excluding tert-OH is 3. The van der Waals surface area contributed by atoms with E-state index in [4.69, 9.17) is 5.73 Å². The maximum absolute atomic E-state index is 11.5. The van der Waals surface area contributed by atoms with E-state index in [2.05, 4.69) is 20.8 Å². The Morgan fingerprint density at radius 2 is 1.79 bits per heavy atom. The first-order valence-corrected chi connectivity index (χ1v) is 11.9. The highest BCUT2D eigenvalue weighted by Crippen LogP contribution is 2.68. The molecule has 6 unspecified atom stereocenters. The monoisotopic (exact) mass is 407 g/mol. The molecule has 1 amide bonds. The van der Waals surface area contributed by atoms with E-state index in [1.165, 1.54) is 0 Å². The van der Waals surface area contributed by atoms with Crippen molar-refractivity contribution in [3.05, 3.63) is 0 Å². The summed E-state index contributed by atoms with van der Waals surface area (Å²) in [6.07, 6.45) is 6.56. The summed E-state index contributed by atoms with van der Waals surface area (Å²) in [5, 5.41) is 33.0. The number of aliphatic hydroxyl groups is 3. The number of fused-ring (bicyclic) bond motifs is 5. The highest BCUT2D eigenvalue weighted by molar-refractivity contribution is 5.73. The third-order valence-corrected chi connectivity index (χ3v) is 10.4. The summed E-state index contributed by atoms with van der Waals surface area (Å²) < 4.78 is 0. The fourth-order valence-corrected chi connectivity index (χ4v) is 8.70. The molecule has 166 valence electrons. The van der Waals surface area contributed by atoms with Gasteiger partial charge in [-0.05, 0) is 97.7 Å². The van der Waals surface area contributed by atoms with E-state index in [-0.39, 0.29) is 41.0 Å². The number of nitrogens with two attached hydrogens (primary N) is 1. The van der Waals surface area contributed by atoms with Gasteiger partial charge in [0.2, 0.25) is 5.91 Å². The van der Waals surface area contributed by atoms with E-state index in [0.717, 1.165) is 51.4 Å². The van der Waals surface area contributed by atoms with Gasteiger partial charge in [0.05, 0.1) is 18.3 Å². The smallest absolute Gasteiger partial charge is 0.217 e. The summed E-state index contributed by atoms with van der Waals surface area (Å²) in [5.74, 6) is 1.72. The lowest BCUT2D eigenvalue weighted by Gasteiger charge is -2.63. The van der Waals surface area contributed by atoms with Crippen LogP contribution in [0.2, 0.25) is 0 Å². The van der Waals surface area contributed by atoms with Crippen LogP contribution in [0, 0.1) is 46.3 Å². The molecule has 11 atom stereocenters. The molecule has 0 saturated heterocycles. The Labute approximate surface area is 175 Å². The summed E-state index contributed by atoms with van der Waals surface area (Å²) in [6, 6.07) is 0. The number of carbonyl (C=O) groups is 1. The second-order valence-corrected chi connectivity index (χ2v) is 11.5. The first-order chi connectivity index (χ1) is 13.6. The van der Waals surface area contributed by atoms with Crippen LogP contribution in [-0.2, 0) is 4.79 Å². The highest BCUT2D eigenvalue weighted by Gasteiger charge is 2.65. The van der Waals surface area contributed by atoms with Gasteiger partial charge in [-0.1, -0.05) is 20.8 Å². The molecule has 4 fully saturated rings. The fourth-order valence-electron chi connectivity index (χ4n) is 8.70. The predicted octanol–water partition coefficient (Wildman–Crippen LogP) is 2.85. The molecular formula is C24H41NO4. The van der Waals surface area contributed by atoms with E-state index in [1.54, 1.807) is 0 Å². The number of hydrogen-bond acceptors (Lipinski definition) is 4. The van der Waals surface area contributed by atoms with Crippen molar-refractivity contribution >= 4 is 5.91 Å². The second-order valence-electron chi connectivity index (χ2n) is 11.5. The van der Waals surface area contributed by atoms with Gasteiger partial charge in [0.15, 0.2) is 0 Å². The van der Waals surface area contributed by atoms with Gasteiger partial charge in [0, 0.05) is 6.42 Å². The molecule has 5 nitrogen and oxygen atoms in total. The third-order valence-electron chi connectivity index (χ3n) is 10.4. The number of hydrogen-bond donors (Lipinski definition) is 4. The van der Waals surface area contributed by atoms with Crippen LogP contribution in [-0.4, -0.2) is 39.5 Å². The molecule has 0 heterocycles. The molecule has 4 rings (SSSR count). The molecule has 0 aliphatic heterocycles. The normalized spacial score (nSPS) is 52.9. The lowest BCUT2D eigenvalue weighted by molar-refractivity contribution is -0.207. The molecule has 5 heteroatoms. The Kier molecular flexibility index (Phi) is 5.57. The lowest BCUT2D eigenvalue weighted by atomic mass is 9.43. The highest BCUT2D eigenvalue weighted by atomic mass is 16.3. The van der Waals surface area contributed by atoms with Crippen molar-refractivity contribution in [2.24, 2.45) is 52.1 Å². The van der Waals surface area contributed by atoms with Gasteiger partial charge in [0.1, 0.15) is 0 Å². The molecule has 29 heavy (non-hydrogen) atoms. The van der Waals surface area contributed by atoms with Crippen molar-refractivity contribution in [2.75, 3.05) is 0 Å². The average molecular weight is 408 g/mol. The van der Waals surface area contributed by atoms with Crippen molar-refractivity contribution in [2.45, 2.75) is 96.9 Å². The van der Waals surface area contributed by atoms with Crippen LogP contribution in [0.15, 0.2) is 0 Å². The largest absolute Gasteiger partial charge is 0.393 e. The SMILES string of the molecule is C[C@H](CCC(N)=O)C1CC[C@H]2C3[C@H](O)CC4C[C@H](O)CCC4(C)[C@H]3CC(O)C12C. The zero-order valence-corrected chi connectivity index (χ0v) is 18.4. The van der Waals surface area contributed by atoms with Crippen LogP contribution in [0.4, 0.5) is 0 Å². The van der Waals surface area contributed by atoms with E-state index in [1.807, 2.05) is 0 Å². The Hall–Kier alpha value is -0.650. The molecule has 0 bridgehead atoms. The van der Waals surface area contributed by atoms with Crippen molar-refractivity contribution < 1.29 is 20.1 Å². The minimum atomic E-state index is -0.369. The molecule has 4 saturated carbocycles. The van der Waals surface area contributed by atoms with Crippen LogP contribution >= 0.6 is 0 Å². The molecule has 0 aromatic heterocycles. The standard InChI is InChI=1S/C24H41NO4/c1-13(4-7-21(25)29)16-5-6-17-22-18(12-20(28)24(16,17)3)23(2)9-8-15(26)10-14(23)11-19(22)27/h13-20,22,26-28H,4-12H2,1-3H3,(H2,25,29)/t13-,14?,15-,16?,17+,18+,19-,20?,22?,23?,24?/m1/s1. The first kappa shape index (κ1) is 21.6. The molecule has 0 aromatic rings. The van der Waals surface area contributed by atoms with Crippen LogP contribution in [0.3, 0.4) is 0 Å². The Morgan fingerprint density at radius 3 is 2.48 bits per heavy atom. The summed E-state index contributed by atoms with van der Waals surface area (Å²) in [6.45, 7) is 6.82. The van der Waals surface area contributed by atoms with E-state index < -0.39 is 0 Å². The van der Waals surface area contributed by atoms with Crippen LogP contribution in [0.1, 0.15) is 78.6 Å². The van der Waals surface area contributed by atoms with Gasteiger partial charge in [-0.3, -0.25) is 4.79 Å². The summed E-state index contributed by atoms with van der Waals surface area (Å²) >= 11 is 0. The number of carbonyl (C=O) groups excluding carboxylic acids is 1. The van der Waals surface area contributed by atoms with E-state index in [0.29, 0.717) is 36.0 Å². The summed E-state index contributed by atoms with van der Waals surface area (Å²) in [5.41, 5.74) is 5.30. The van der Waals surface area contributed by atoms with Gasteiger partial charge >= 0.3 is 0 Å². The summed E-state index contributed by atoms with van der Waals surface area (Å²) in [7, 11) is 0. The van der Waals surface area contributed by atoms with Crippen molar-refractivity contribution in [3.63, 3.8) is 0 Å². The average Bonchev–Trinajstić information content (AvgIpc) is 3.01. The zero-order chi connectivity index (χ0) is 21.1. The van der Waals surface area contributed by atoms with Crippen molar-refractivity contribution in [1.29, 1.82) is 0 Å². The maximum atomic E-state index is 11.5. The molecule has 0 radical (unpaired) electrons. The molecule has 4 aliphatic rings. The van der Waals surface area contributed by atoms with Gasteiger partial charge < -0.3 is 21.1 Å². The second kappa shape index (κ2) is 7.49. The summed E-state index contributed by atoms with van der Waals surface area (Å²) in [4.78, 5) is 11.3. The number of amides is 1. The third kappa shape index (κ3) is 3.27. The maximum Gasteiger partial charge on any atom is 0.217 e. The fraction of sp³-hybridized carbons (Fsp3) is 0.958. The van der Waals surface area contributed by atoms with Crippen LogP contribution in [0.5, 0.6) is 0 Å². The predicted molar refractivity (Wildman–Crippen MR) is 112 cm³/mol. The number of primary amides is 1. The quantitative estimate of drug-likeness (QED) is 0.575. The lowest BCUT2D eigenvalue weighted by Crippen LogP contribution is -2.62. The Balaban J connectivity index is 1.61. The molecule has 0 aromatic carbocycles. The topological polar surface area (TPSA) is 104 Å². The molecule has 0 spiro atoms. The van der Waals surface area contributed by atoms with Crippen LogP contribution in [0.25, 0.3) is 0 Å². The van der Waals surface area contributed by atoms with Gasteiger partial charge in [-0.15, -0.1) is 0 Å². The molecule has 4 aliphatic carbocycles. The van der Waals surface area contributed by atoms with Crippen molar-refractivity contribution in [1.82, 2.24) is 0 Å².